The summed E-state index contributed by atoms with van der Waals surface area (Å²) in [5, 5.41) is 2.62. The van der Waals surface area contributed by atoms with Gasteiger partial charge in [-0.3, -0.25) is 14.2 Å². The highest BCUT2D eigenvalue weighted by molar-refractivity contribution is 7.15. The summed E-state index contributed by atoms with van der Waals surface area (Å²) < 4.78 is 7.12. The Hall–Kier alpha value is -3.06. The van der Waals surface area contributed by atoms with Crippen LogP contribution in [-0.4, -0.2) is 20.3 Å². The number of carbonyl (C=O) groups is 1. The second-order valence-electron chi connectivity index (χ2n) is 7.21. The Balaban J connectivity index is 1.51. The maximum Gasteiger partial charge on any atom is 0.339 e. The van der Waals surface area contributed by atoms with E-state index in [9.17, 15) is 9.59 Å². The maximum atomic E-state index is 13.2. The summed E-state index contributed by atoms with van der Waals surface area (Å²) in [6.07, 6.45) is 6.66. The van der Waals surface area contributed by atoms with Crippen molar-refractivity contribution in [2.75, 3.05) is 0 Å². The summed E-state index contributed by atoms with van der Waals surface area (Å²) >= 11 is 1.37. The van der Waals surface area contributed by atoms with Crippen LogP contribution in [0.5, 0.6) is 0 Å². The zero-order chi connectivity index (χ0) is 19.8. The molecular weight excluding hydrogens is 386 g/mol. The van der Waals surface area contributed by atoms with Crippen molar-refractivity contribution in [3.63, 3.8) is 0 Å². The van der Waals surface area contributed by atoms with Crippen LogP contribution in [0.2, 0.25) is 0 Å². The average Bonchev–Trinajstić information content (AvgIpc) is 3.09. The van der Waals surface area contributed by atoms with Crippen molar-refractivity contribution in [2.24, 2.45) is 0 Å². The number of hydrogen-bond acceptors (Lipinski definition) is 6. The summed E-state index contributed by atoms with van der Waals surface area (Å²) in [6, 6.07) is 9.12. The van der Waals surface area contributed by atoms with Crippen LogP contribution in [0.3, 0.4) is 0 Å². The maximum absolute atomic E-state index is 13.2. The molecule has 0 bridgehead atoms. The number of fused-ring (bicyclic) bond motifs is 3. The van der Waals surface area contributed by atoms with Crippen molar-refractivity contribution < 1.29 is 9.53 Å². The normalized spacial score (nSPS) is 13.9. The molecule has 0 saturated heterocycles. The molecule has 1 aliphatic carbocycles. The monoisotopic (exact) mass is 405 g/mol. The molecular formula is C22H19N3O3S. The van der Waals surface area contributed by atoms with E-state index in [0.29, 0.717) is 16.2 Å². The number of thiazole rings is 1. The van der Waals surface area contributed by atoms with Crippen LogP contribution in [0, 0.1) is 0 Å². The number of carbonyl (C=O) groups excluding carboxylic acids is 1. The molecule has 0 radical (unpaired) electrons. The molecule has 0 spiro atoms. The van der Waals surface area contributed by atoms with E-state index in [0.717, 1.165) is 54.3 Å². The first-order chi connectivity index (χ1) is 14.2. The smallest absolute Gasteiger partial charge is 0.339 e. The van der Waals surface area contributed by atoms with Gasteiger partial charge in [-0.15, -0.1) is 11.3 Å². The Labute approximate surface area is 170 Å². The Kier molecular flexibility index (Phi) is 4.60. The third kappa shape index (κ3) is 3.31. The van der Waals surface area contributed by atoms with Gasteiger partial charge in [-0.05, 0) is 37.3 Å². The van der Waals surface area contributed by atoms with E-state index < -0.39 is 0 Å². The zero-order valence-corrected chi connectivity index (χ0v) is 16.6. The standard InChI is InChI=1S/C22H19N3O3S/c26-19-12-14(23-22-25(19)10-11-29-22)13-28-21(27)20-15-6-2-1-3-8-17(15)24-18-9-5-4-7-16(18)20/h4-5,7,9-12H,1-3,6,8,13H2. The van der Waals surface area contributed by atoms with E-state index in [1.165, 1.54) is 21.8 Å². The summed E-state index contributed by atoms with van der Waals surface area (Å²) in [4.78, 5) is 35.1. The number of para-hydroxylation sites is 1. The summed E-state index contributed by atoms with van der Waals surface area (Å²) in [6.45, 7) is -0.0338. The fraction of sp³-hybridized carbons (Fsp3) is 0.273. The highest BCUT2D eigenvalue weighted by atomic mass is 32.1. The highest BCUT2D eigenvalue weighted by Gasteiger charge is 2.23. The molecule has 1 aromatic carbocycles. The van der Waals surface area contributed by atoms with E-state index in [4.69, 9.17) is 9.72 Å². The average molecular weight is 405 g/mol. The van der Waals surface area contributed by atoms with E-state index in [1.54, 1.807) is 11.6 Å². The molecule has 0 saturated carbocycles. The van der Waals surface area contributed by atoms with Crippen LogP contribution in [-0.2, 0) is 24.2 Å². The summed E-state index contributed by atoms with van der Waals surface area (Å²) in [7, 11) is 0. The topological polar surface area (TPSA) is 73.6 Å². The van der Waals surface area contributed by atoms with Gasteiger partial charge in [0.25, 0.3) is 5.56 Å². The first-order valence-electron chi connectivity index (χ1n) is 9.74. The van der Waals surface area contributed by atoms with Crippen molar-refractivity contribution in [3.05, 3.63) is 74.8 Å². The number of benzene rings is 1. The molecule has 0 fully saturated rings. The summed E-state index contributed by atoms with van der Waals surface area (Å²) in [5.74, 6) is -0.380. The number of aromatic nitrogens is 3. The molecule has 7 heteroatoms. The van der Waals surface area contributed by atoms with Crippen molar-refractivity contribution in [1.29, 1.82) is 0 Å². The minimum atomic E-state index is -0.380. The second kappa shape index (κ2) is 7.40. The Morgan fingerprint density at radius 3 is 2.93 bits per heavy atom. The number of esters is 1. The van der Waals surface area contributed by atoms with Crippen LogP contribution < -0.4 is 5.56 Å². The van der Waals surface area contributed by atoms with Gasteiger partial charge in [-0.25, -0.2) is 9.78 Å². The first-order valence-corrected chi connectivity index (χ1v) is 10.6. The first kappa shape index (κ1) is 18.0. The lowest BCUT2D eigenvalue weighted by Crippen LogP contribution is -2.16. The van der Waals surface area contributed by atoms with Gasteiger partial charge in [0.15, 0.2) is 4.96 Å². The number of rotatable bonds is 3. The largest absolute Gasteiger partial charge is 0.456 e. The van der Waals surface area contributed by atoms with Crippen LogP contribution >= 0.6 is 11.3 Å². The van der Waals surface area contributed by atoms with Crippen LogP contribution in [0.15, 0.2) is 46.7 Å². The van der Waals surface area contributed by atoms with Crippen molar-refractivity contribution in [2.45, 2.75) is 38.7 Å². The van der Waals surface area contributed by atoms with Gasteiger partial charge >= 0.3 is 5.97 Å². The fourth-order valence-electron chi connectivity index (χ4n) is 3.96. The van der Waals surface area contributed by atoms with Gasteiger partial charge in [0.05, 0.1) is 16.8 Å². The summed E-state index contributed by atoms with van der Waals surface area (Å²) in [5.41, 5.74) is 3.72. The van der Waals surface area contributed by atoms with Crippen molar-refractivity contribution in [1.82, 2.24) is 14.4 Å². The number of nitrogens with zero attached hydrogens (tertiary/aromatic N) is 3. The lowest BCUT2D eigenvalue weighted by atomic mass is 9.97. The predicted octanol–water partition coefficient (Wildman–Crippen LogP) is 3.93. The van der Waals surface area contributed by atoms with Crippen molar-refractivity contribution in [3.8, 4) is 0 Å². The Morgan fingerprint density at radius 1 is 1.14 bits per heavy atom. The predicted molar refractivity (Wildman–Crippen MR) is 111 cm³/mol. The molecule has 0 atom stereocenters. The molecule has 3 aromatic heterocycles. The van der Waals surface area contributed by atoms with Gasteiger partial charge in [-0.2, -0.15) is 0 Å². The highest BCUT2D eigenvalue weighted by Crippen LogP contribution is 2.29. The minimum Gasteiger partial charge on any atom is -0.456 e. The molecule has 0 amide bonds. The molecule has 0 N–H and O–H groups in total. The molecule has 0 aliphatic heterocycles. The quantitative estimate of drug-likeness (QED) is 0.381. The molecule has 3 heterocycles. The number of hydrogen-bond donors (Lipinski definition) is 0. The van der Waals surface area contributed by atoms with Gasteiger partial charge in [0.1, 0.15) is 6.61 Å². The number of aryl methyl sites for hydroxylation is 1. The van der Waals surface area contributed by atoms with Gasteiger partial charge in [-0.1, -0.05) is 24.6 Å². The third-order valence-electron chi connectivity index (χ3n) is 5.33. The van der Waals surface area contributed by atoms with Crippen LogP contribution in [0.25, 0.3) is 15.9 Å². The van der Waals surface area contributed by atoms with Crippen LogP contribution in [0.1, 0.15) is 46.6 Å². The van der Waals surface area contributed by atoms with E-state index in [1.807, 2.05) is 24.3 Å². The van der Waals surface area contributed by atoms with Gasteiger partial charge < -0.3 is 4.74 Å². The molecule has 6 nitrogen and oxygen atoms in total. The van der Waals surface area contributed by atoms with Crippen molar-refractivity contribution >= 4 is 33.2 Å². The lowest BCUT2D eigenvalue weighted by Gasteiger charge is -2.14. The molecule has 0 unspecified atom stereocenters. The van der Waals surface area contributed by atoms with E-state index in [-0.39, 0.29) is 18.1 Å². The van der Waals surface area contributed by atoms with Gasteiger partial charge in [0, 0.05) is 28.7 Å². The Morgan fingerprint density at radius 2 is 2.00 bits per heavy atom. The molecule has 1 aliphatic rings. The number of pyridine rings is 1. The third-order valence-corrected chi connectivity index (χ3v) is 6.09. The van der Waals surface area contributed by atoms with Crippen LogP contribution in [0.4, 0.5) is 0 Å². The fourth-order valence-corrected chi connectivity index (χ4v) is 4.69. The molecule has 5 rings (SSSR count). The molecule has 146 valence electrons. The minimum absolute atomic E-state index is 0.0338. The SMILES string of the molecule is O=C(OCc1cc(=O)n2ccsc2n1)c1c2c(nc3ccccc13)CCCCC2. The lowest BCUT2D eigenvalue weighted by molar-refractivity contribution is 0.0468. The Bertz CT molecular complexity index is 1290. The molecule has 4 aromatic rings. The second-order valence-corrected chi connectivity index (χ2v) is 8.08. The van der Waals surface area contributed by atoms with Gasteiger partial charge in [0.2, 0.25) is 0 Å². The van der Waals surface area contributed by atoms with E-state index >= 15 is 0 Å². The van der Waals surface area contributed by atoms with E-state index in [2.05, 4.69) is 4.98 Å². The molecule has 29 heavy (non-hydrogen) atoms. The number of ether oxygens (including phenoxy) is 1. The zero-order valence-electron chi connectivity index (χ0n) is 15.8.